The van der Waals surface area contributed by atoms with Gasteiger partial charge in [-0.05, 0) is 50.1 Å². The van der Waals surface area contributed by atoms with Crippen molar-refractivity contribution in [3.8, 4) is 0 Å². The van der Waals surface area contributed by atoms with Gasteiger partial charge in [0.25, 0.3) is 0 Å². The number of rotatable bonds is 9. The van der Waals surface area contributed by atoms with Gasteiger partial charge in [-0.1, -0.05) is 24.3 Å². The van der Waals surface area contributed by atoms with Gasteiger partial charge in [-0.2, -0.15) is 4.98 Å². The highest BCUT2D eigenvalue weighted by Crippen LogP contribution is 2.22. The molecule has 0 unspecified atom stereocenters. The first-order chi connectivity index (χ1) is 13.1. The molecule has 0 aliphatic heterocycles. The molecule has 0 fully saturated rings. The number of nitrogens with one attached hydrogen (secondary N) is 2. The lowest BCUT2D eigenvalue weighted by atomic mass is 10.2. The Morgan fingerprint density at radius 2 is 1.78 bits per heavy atom. The third-order valence-electron chi connectivity index (χ3n) is 4.03. The molecule has 2 aromatic carbocycles. The highest BCUT2D eigenvalue weighted by Gasteiger charge is 2.07. The maximum absolute atomic E-state index is 13.1. The average Bonchev–Trinajstić information content (AvgIpc) is 2.67. The Morgan fingerprint density at radius 3 is 2.56 bits per heavy atom. The Balaban J connectivity index is 1.69. The van der Waals surface area contributed by atoms with Gasteiger partial charge in [0.1, 0.15) is 11.6 Å². The lowest BCUT2D eigenvalue weighted by Crippen LogP contribution is -2.12. The van der Waals surface area contributed by atoms with E-state index in [0.29, 0.717) is 19.1 Å². The summed E-state index contributed by atoms with van der Waals surface area (Å²) in [4.78, 5) is 9.20. The summed E-state index contributed by atoms with van der Waals surface area (Å²) in [6, 6.07) is 14.3. The first-order valence-corrected chi connectivity index (χ1v) is 9.22. The number of para-hydroxylation sites is 1. The van der Waals surface area contributed by atoms with Gasteiger partial charge in [0.15, 0.2) is 0 Å². The SMILES string of the molecule is CC(C)OCCCNc1nc(NCc2ccc(F)cc2)c2ccccc2n1. The molecule has 0 aliphatic carbocycles. The summed E-state index contributed by atoms with van der Waals surface area (Å²) in [5.41, 5.74) is 1.86. The van der Waals surface area contributed by atoms with Gasteiger partial charge in [-0.25, -0.2) is 9.37 Å². The van der Waals surface area contributed by atoms with Gasteiger partial charge >= 0.3 is 0 Å². The van der Waals surface area contributed by atoms with Crippen LogP contribution in [-0.2, 0) is 11.3 Å². The molecule has 0 bridgehead atoms. The van der Waals surface area contributed by atoms with Crippen LogP contribution in [0.4, 0.5) is 16.2 Å². The highest BCUT2D eigenvalue weighted by molar-refractivity contribution is 5.90. The number of aromatic nitrogens is 2. The van der Waals surface area contributed by atoms with Crippen molar-refractivity contribution in [3.63, 3.8) is 0 Å². The number of fused-ring (bicyclic) bond motifs is 1. The predicted octanol–water partition coefficient (Wildman–Crippen LogP) is 4.61. The molecular weight excluding hydrogens is 343 g/mol. The third-order valence-corrected chi connectivity index (χ3v) is 4.03. The van der Waals surface area contributed by atoms with Gasteiger partial charge in [0, 0.05) is 25.1 Å². The van der Waals surface area contributed by atoms with Crippen molar-refractivity contribution in [3.05, 3.63) is 59.9 Å². The molecule has 0 spiro atoms. The number of hydrogen-bond acceptors (Lipinski definition) is 5. The van der Waals surface area contributed by atoms with E-state index >= 15 is 0 Å². The molecule has 3 rings (SSSR count). The number of benzene rings is 2. The lowest BCUT2D eigenvalue weighted by Gasteiger charge is -2.12. The second-order valence-corrected chi connectivity index (χ2v) is 6.59. The molecule has 5 nitrogen and oxygen atoms in total. The van der Waals surface area contributed by atoms with E-state index in [9.17, 15) is 4.39 Å². The van der Waals surface area contributed by atoms with Crippen LogP contribution in [-0.4, -0.2) is 29.2 Å². The minimum absolute atomic E-state index is 0.237. The normalized spacial score (nSPS) is 11.1. The number of halogens is 1. The monoisotopic (exact) mass is 368 g/mol. The van der Waals surface area contributed by atoms with Gasteiger partial charge < -0.3 is 15.4 Å². The van der Waals surface area contributed by atoms with Crippen molar-refractivity contribution < 1.29 is 9.13 Å². The minimum atomic E-state index is -0.237. The van der Waals surface area contributed by atoms with E-state index < -0.39 is 0 Å². The minimum Gasteiger partial charge on any atom is -0.379 e. The molecular formula is C21H25FN4O. The van der Waals surface area contributed by atoms with Crippen LogP contribution in [0.15, 0.2) is 48.5 Å². The molecule has 1 heterocycles. The maximum Gasteiger partial charge on any atom is 0.225 e. The van der Waals surface area contributed by atoms with Crippen molar-refractivity contribution in [1.82, 2.24) is 9.97 Å². The first-order valence-electron chi connectivity index (χ1n) is 9.22. The van der Waals surface area contributed by atoms with E-state index in [0.717, 1.165) is 35.2 Å². The Bertz CT molecular complexity index is 868. The molecule has 2 N–H and O–H groups in total. The topological polar surface area (TPSA) is 59.1 Å². The molecule has 27 heavy (non-hydrogen) atoms. The molecule has 1 aromatic heterocycles. The second-order valence-electron chi connectivity index (χ2n) is 6.59. The van der Waals surface area contributed by atoms with Crippen LogP contribution in [0, 0.1) is 5.82 Å². The third kappa shape index (κ3) is 5.62. The van der Waals surface area contributed by atoms with E-state index in [1.165, 1.54) is 12.1 Å². The molecule has 0 amide bonds. The molecule has 0 aliphatic rings. The fourth-order valence-electron chi connectivity index (χ4n) is 2.67. The molecule has 0 saturated carbocycles. The summed E-state index contributed by atoms with van der Waals surface area (Å²) in [5.74, 6) is 1.10. The van der Waals surface area contributed by atoms with Crippen LogP contribution in [0.1, 0.15) is 25.8 Å². The van der Waals surface area contributed by atoms with Crippen LogP contribution in [0.2, 0.25) is 0 Å². The van der Waals surface area contributed by atoms with Crippen molar-refractivity contribution in [2.45, 2.75) is 32.9 Å². The summed E-state index contributed by atoms with van der Waals surface area (Å²) in [6.45, 7) is 6.05. The zero-order valence-corrected chi connectivity index (χ0v) is 15.7. The molecule has 6 heteroatoms. The van der Waals surface area contributed by atoms with Gasteiger partial charge in [0.05, 0.1) is 11.6 Å². The van der Waals surface area contributed by atoms with Crippen molar-refractivity contribution in [2.24, 2.45) is 0 Å². The maximum atomic E-state index is 13.1. The summed E-state index contributed by atoms with van der Waals surface area (Å²) >= 11 is 0. The van der Waals surface area contributed by atoms with Gasteiger partial charge in [-0.3, -0.25) is 0 Å². The first kappa shape index (κ1) is 19.0. The zero-order chi connectivity index (χ0) is 19.1. The fourth-order valence-corrected chi connectivity index (χ4v) is 2.67. The predicted molar refractivity (Wildman–Crippen MR) is 107 cm³/mol. The van der Waals surface area contributed by atoms with Crippen LogP contribution >= 0.6 is 0 Å². The number of nitrogens with zero attached hydrogens (tertiary/aromatic N) is 2. The van der Waals surface area contributed by atoms with E-state index in [-0.39, 0.29) is 11.9 Å². The van der Waals surface area contributed by atoms with E-state index in [1.807, 2.05) is 38.1 Å². The van der Waals surface area contributed by atoms with Crippen molar-refractivity contribution in [2.75, 3.05) is 23.8 Å². The van der Waals surface area contributed by atoms with Gasteiger partial charge in [0.2, 0.25) is 5.95 Å². The standard InChI is InChI=1S/C21H25FN4O/c1-15(2)27-13-5-12-23-21-25-19-7-4-3-6-18(19)20(26-21)24-14-16-8-10-17(22)11-9-16/h3-4,6-11,15H,5,12-14H2,1-2H3,(H2,23,24,25,26). The number of ether oxygens (including phenoxy) is 1. The highest BCUT2D eigenvalue weighted by atomic mass is 19.1. The smallest absolute Gasteiger partial charge is 0.225 e. The fraction of sp³-hybridized carbons (Fsp3) is 0.333. The summed E-state index contributed by atoms with van der Waals surface area (Å²) < 4.78 is 18.6. The van der Waals surface area contributed by atoms with Crippen LogP contribution in [0.3, 0.4) is 0 Å². The Hall–Kier alpha value is -2.73. The lowest BCUT2D eigenvalue weighted by molar-refractivity contribution is 0.0787. The van der Waals surface area contributed by atoms with Crippen molar-refractivity contribution in [1.29, 1.82) is 0 Å². The molecule has 0 atom stereocenters. The largest absolute Gasteiger partial charge is 0.379 e. The van der Waals surface area contributed by atoms with E-state index in [4.69, 9.17) is 4.74 Å². The van der Waals surface area contributed by atoms with Crippen LogP contribution in [0.5, 0.6) is 0 Å². The van der Waals surface area contributed by atoms with Crippen molar-refractivity contribution >= 4 is 22.7 Å². The molecule has 3 aromatic rings. The van der Waals surface area contributed by atoms with E-state index in [1.54, 1.807) is 12.1 Å². The Morgan fingerprint density at radius 1 is 1.00 bits per heavy atom. The number of hydrogen-bond donors (Lipinski definition) is 2. The quantitative estimate of drug-likeness (QED) is 0.540. The summed E-state index contributed by atoms with van der Waals surface area (Å²) in [7, 11) is 0. The van der Waals surface area contributed by atoms with Gasteiger partial charge in [-0.15, -0.1) is 0 Å². The Kier molecular flexibility index (Phi) is 6.54. The van der Waals surface area contributed by atoms with Crippen LogP contribution in [0.25, 0.3) is 10.9 Å². The molecule has 0 saturated heterocycles. The number of anilines is 2. The van der Waals surface area contributed by atoms with Crippen LogP contribution < -0.4 is 10.6 Å². The summed E-state index contributed by atoms with van der Waals surface area (Å²) in [6.07, 6.45) is 1.12. The summed E-state index contributed by atoms with van der Waals surface area (Å²) in [5, 5.41) is 7.56. The van der Waals surface area contributed by atoms with E-state index in [2.05, 4.69) is 20.6 Å². The average molecular weight is 368 g/mol. The molecule has 142 valence electrons. The molecule has 0 radical (unpaired) electrons. The zero-order valence-electron chi connectivity index (χ0n) is 15.7. The second kappa shape index (κ2) is 9.28. The Labute approximate surface area is 159 Å².